The average molecular weight is 355 g/mol. The highest BCUT2D eigenvalue weighted by molar-refractivity contribution is 7.09. The van der Waals surface area contributed by atoms with E-state index in [1.807, 2.05) is 4.90 Å². The van der Waals surface area contributed by atoms with Gasteiger partial charge in [-0.2, -0.15) is 0 Å². The monoisotopic (exact) mass is 354 g/mol. The molecule has 1 rings (SSSR count). The smallest absolute Gasteiger partial charge is 0.357 e. The molecule has 0 saturated heterocycles. The van der Waals surface area contributed by atoms with Crippen molar-refractivity contribution in [2.45, 2.75) is 66.8 Å². The quantitative estimate of drug-likeness (QED) is 0.491. The van der Waals surface area contributed by atoms with Gasteiger partial charge >= 0.3 is 5.97 Å². The predicted octanol–water partition coefficient (Wildman–Crippen LogP) is 4.27. The number of carbonyl (C=O) groups is 2. The second-order valence-electron chi connectivity index (χ2n) is 7.11. The van der Waals surface area contributed by atoms with E-state index in [1.165, 1.54) is 11.3 Å². The lowest BCUT2D eigenvalue weighted by Gasteiger charge is -2.26. The molecule has 0 aliphatic heterocycles. The van der Waals surface area contributed by atoms with Crippen molar-refractivity contribution < 1.29 is 14.3 Å². The Morgan fingerprint density at radius 1 is 1.25 bits per heavy atom. The van der Waals surface area contributed by atoms with Crippen molar-refractivity contribution in [2.24, 2.45) is 5.41 Å². The minimum atomic E-state index is -0.404. The van der Waals surface area contributed by atoms with Gasteiger partial charge < -0.3 is 9.64 Å². The van der Waals surface area contributed by atoms with Crippen molar-refractivity contribution in [1.82, 2.24) is 9.88 Å². The predicted molar refractivity (Wildman–Crippen MR) is 97.1 cm³/mol. The van der Waals surface area contributed by atoms with Crippen LogP contribution in [0.1, 0.15) is 75.8 Å². The first-order valence-electron chi connectivity index (χ1n) is 8.66. The van der Waals surface area contributed by atoms with E-state index in [-0.39, 0.29) is 11.3 Å². The third-order valence-corrected chi connectivity index (χ3v) is 4.26. The third-order valence-electron chi connectivity index (χ3n) is 3.43. The number of ether oxygens (including phenoxy) is 1. The van der Waals surface area contributed by atoms with Gasteiger partial charge in [0.1, 0.15) is 5.01 Å². The molecular formula is C18H30N2O3S. The third kappa shape index (κ3) is 7.43. The first-order valence-corrected chi connectivity index (χ1v) is 9.54. The highest BCUT2D eigenvalue weighted by Crippen LogP contribution is 2.22. The zero-order chi connectivity index (χ0) is 18.2. The maximum Gasteiger partial charge on any atom is 0.357 e. The van der Waals surface area contributed by atoms with Crippen molar-refractivity contribution in [2.75, 3.05) is 13.2 Å². The molecule has 0 bridgehead atoms. The zero-order valence-corrected chi connectivity index (χ0v) is 16.4. The second kappa shape index (κ2) is 9.77. The molecule has 0 atom stereocenters. The maximum atomic E-state index is 12.6. The molecule has 0 aliphatic carbocycles. The van der Waals surface area contributed by atoms with E-state index in [2.05, 4.69) is 32.7 Å². The van der Waals surface area contributed by atoms with Crippen LogP contribution in [0.5, 0.6) is 0 Å². The van der Waals surface area contributed by atoms with E-state index in [0.717, 1.165) is 30.8 Å². The molecule has 1 aromatic rings. The summed E-state index contributed by atoms with van der Waals surface area (Å²) < 4.78 is 4.96. The van der Waals surface area contributed by atoms with Crippen molar-refractivity contribution in [3.8, 4) is 0 Å². The summed E-state index contributed by atoms with van der Waals surface area (Å²) in [6.45, 7) is 11.6. The van der Waals surface area contributed by atoms with Crippen LogP contribution in [0, 0.1) is 5.41 Å². The Bertz CT molecular complexity index is 535. The topological polar surface area (TPSA) is 59.5 Å². The summed E-state index contributed by atoms with van der Waals surface area (Å²) in [7, 11) is 0. The van der Waals surface area contributed by atoms with E-state index in [9.17, 15) is 9.59 Å². The van der Waals surface area contributed by atoms with Crippen LogP contribution in [0.25, 0.3) is 0 Å². The number of carbonyl (C=O) groups excluding carboxylic acids is 2. The van der Waals surface area contributed by atoms with Crippen LogP contribution >= 0.6 is 11.3 Å². The van der Waals surface area contributed by atoms with Crippen LogP contribution in [-0.4, -0.2) is 34.9 Å². The molecule has 0 fully saturated rings. The number of hydrogen-bond donors (Lipinski definition) is 0. The van der Waals surface area contributed by atoms with Gasteiger partial charge in [0.25, 0.3) is 0 Å². The highest BCUT2D eigenvalue weighted by Gasteiger charge is 2.22. The van der Waals surface area contributed by atoms with Gasteiger partial charge in [0.2, 0.25) is 5.91 Å². The van der Waals surface area contributed by atoms with Crippen molar-refractivity contribution in [3.63, 3.8) is 0 Å². The molecule has 0 aromatic carbocycles. The number of hydrogen-bond acceptors (Lipinski definition) is 5. The number of rotatable bonds is 9. The van der Waals surface area contributed by atoms with Gasteiger partial charge in [-0.15, -0.1) is 11.3 Å². The largest absolute Gasteiger partial charge is 0.461 e. The molecule has 6 heteroatoms. The summed E-state index contributed by atoms with van der Waals surface area (Å²) in [5.41, 5.74) is 0.285. The summed E-state index contributed by atoms with van der Waals surface area (Å²) in [5.74, 6) is -0.259. The lowest BCUT2D eigenvalue weighted by Crippen LogP contribution is -2.34. The highest BCUT2D eigenvalue weighted by atomic mass is 32.1. The number of aromatic nitrogens is 1. The van der Waals surface area contributed by atoms with Gasteiger partial charge in [-0.3, -0.25) is 4.79 Å². The zero-order valence-electron chi connectivity index (χ0n) is 15.6. The van der Waals surface area contributed by atoms with Crippen molar-refractivity contribution in [3.05, 3.63) is 16.1 Å². The van der Waals surface area contributed by atoms with E-state index in [4.69, 9.17) is 4.74 Å². The first kappa shape index (κ1) is 20.6. The molecule has 0 spiro atoms. The van der Waals surface area contributed by atoms with Crippen LogP contribution in [0.4, 0.5) is 0 Å². The van der Waals surface area contributed by atoms with Gasteiger partial charge in [-0.1, -0.05) is 40.5 Å². The molecule has 0 N–H and O–H groups in total. The fourth-order valence-corrected chi connectivity index (χ4v) is 3.03. The first-order chi connectivity index (χ1) is 11.3. The molecule has 1 aromatic heterocycles. The number of thiazole rings is 1. The van der Waals surface area contributed by atoms with Crippen LogP contribution in [0.3, 0.4) is 0 Å². The molecule has 24 heavy (non-hydrogen) atoms. The molecule has 136 valence electrons. The fraction of sp³-hybridized carbons (Fsp3) is 0.722. The fourth-order valence-electron chi connectivity index (χ4n) is 2.26. The summed E-state index contributed by atoms with van der Waals surface area (Å²) >= 11 is 1.40. The van der Waals surface area contributed by atoms with Crippen LogP contribution in [-0.2, 0) is 16.1 Å². The Hall–Kier alpha value is -1.43. The number of nitrogens with zero attached hydrogens (tertiary/aromatic N) is 2. The normalized spacial score (nSPS) is 11.4. The molecule has 0 unspecified atom stereocenters. The van der Waals surface area contributed by atoms with Gasteiger partial charge in [0.05, 0.1) is 13.2 Å². The minimum absolute atomic E-state index is 0.0426. The molecule has 1 amide bonds. The summed E-state index contributed by atoms with van der Waals surface area (Å²) in [6, 6.07) is 0. The Kier molecular flexibility index (Phi) is 8.39. The van der Waals surface area contributed by atoms with Gasteiger partial charge in [0, 0.05) is 18.3 Å². The SMILES string of the molecule is CCCCCN(Cc1nc(C(=O)OCC)cs1)C(=O)CC(C)(C)C. The van der Waals surface area contributed by atoms with Crippen LogP contribution < -0.4 is 0 Å². The molecule has 0 saturated carbocycles. The summed E-state index contributed by atoms with van der Waals surface area (Å²) in [5, 5.41) is 2.48. The Morgan fingerprint density at radius 3 is 2.54 bits per heavy atom. The van der Waals surface area contributed by atoms with Crippen LogP contribution in [0.15, 0.2) is 5.38 Å². The summed E-state index contributed by atoms with van der Waals surface area (Å²) in [6.07, 6.45) is 3.72. The van der Waals surface area contributed by atoms with Gasteiger partial charge in [0.15, 0.2) is 5.69 Å². The number of unbranched alkanes of at least 4 members (excludes halogenated alkanes) is 2. The van der Waals surface area contributed by atoms with E-state index < -0.39 is 5.97 Å². The standard InChI is InChI=1S/C18H30N2O3S/c1-6-8-9-10-20(16(21)11-18(3,4)5)12-15-19-14(13-24-15)17(22)23-7-2/h13H,6-12H2,1-5H3. The number of esters is 1. The van der Waals surface area contributed by atoms with E-state index in [0.29, 0.717) is 25.3 Å². The molecule has 1 heterocycles. The lowest BCUT2D eigenvalue weighted by molar-refractivity contribution is -0.133. The maximum absolute atomic E-state index is 12.6. The Labute approximate surface area is 149 Å². The molecular weight excluding hydrogens is 324 g/mol. The Balaban J connectivity index is 2.76. The van der Waals surface area contributed by atoms with Crippen LogP contribution in [0.2, 0.25) is 0 Å². The number of amides is 1. The lowest BCUT2D eigenvalue weighted by atomic mass is 9.91. The Morgan fingerprint density at radius 2 is 1.96 bits per heavy atom. The van der Waals surface area contributed by atoms with Gasteiger partial charge in [-0.25, -0.2) is 9.78 Å². The van der Waals surface area contributed by atoms with Gasteiger partial charge in [-0.05, 0) is 18.8 Å². The van der Waals surface area contributed by atoms with Crippen molar-refractivity contribution >= 4 is 23.2 Å². The summed E-state index contributed by atoms with van der Waals surface area (Å²) in [4.78, 5) is 30.5. The molecule has 0 aliphatic rings. The van der Waals surface area contributed by atoms with Crippen molar-refractivity contribution in [1.29, 1.82) is 0 Å². The van der Waals surface area contributed by atoms with E-state index in [1.54, 1.807) is 12.3 Å². The van der Waals surface area contributed by atoms with E-state index >= 15 is 0 Å². The average Bonchev–Trinajstić information content (AvgIpc) is 2.93. The molecule has 5 nitrogen and oxygen atoms in total. The molecule has 0 radical (unpaired) electrons. The minimum Gasteiger partial charge on any atom is -0.461 e. The second-order valence-corrected chi connectivity index (χ2v) is 8.05.